The molecule has 0 fully saturated rings. The summed E-state index contributed by atoms with van der Waals surface area (Å²) < 4.78 is 3.12. The molecule has 1 heterocycles. The van der Waals surface area contributed by atoms with Crippen molar-refractivity contribution in [1.82, 2.24) is 4.48 Å². The van der Waals surface area contributed by atoms with Gasteiger partial charge in [0.1, 0.15) is 11.3 Å². The summed E-state index contributed by atoms with van der Waals surface area (Å²) in [4.78, 5) is 0. The highest BCUT2D eigenvalue weighted by molar-refractivity contribution is 6.04. The maximum Gasteiger partial charge on any atom is 0.285 e. The molecule has 0 amide bonds. The molecule has 27 heavy (non-hydrogen) atoms. The Morgan fingerprint density at radius 3 is 2.15 bits per heavy atom. The maximum atomic E-state index is 2.38. The Morgan fingerprint density at radius 1 is 0.704 bits per heavy atom. The molecule has 0 radical (unpaired) electrons. The molecule has 0 aliphatic carbocycles. The zero-order chi connectivity index (χ0) is 18.3. The number of hydrogen-bond acceptors (Lipinski definition) is 0. The fourth-order valence-corrected chi connectivity index (χ4v) is 4.18. The highest BCUT2D eigenvalue weighted by Gasteiger charge is 2.40. The van der Waals surface area contributed by atoms with Gasteiger partial charge in [-0.05, 0) is 23.6 Å². The van der Waals surface area contributed by atoms with E-state index in [1.54, 1.807) is 0 Å². The molecule has 130 valence electrons. The minimum Gasteiger partial charge on any atom is -0.206 e. The monoisotopic (exact) mass is 350 g/mol. The van der Waals surface area contributed by atoms with E-state index < -0.39 is 0 Å². The van der Waals surface area contributed by atoms with Gasteiger partial charge in [-0.3, -0.25) is 0 Å². The Kier molecular flexibility index (Phi) is 3.66. The van der Waals surface area contributed by atoms with Gasteiger partial charge in [0, 0.05) is 23.6 Å². The van der Waals surface area contributed by atoms with Crippen LogP contribution >= 0.6 is 0 Å². The Bertz CT molecular complexity index is 1150. The average Bonchev–Trinajstić information content (AvgIpc) is 2.75. The largest absolute Gasteiger partial charge is 0.285 e. The highest BCUT2D eigenvalue weighted by atomic mass is 15.4. The minimum atomic E-state index is 0.742. The van der Waals surface area contributed by atoms with Crippen molar-refractivity contribution in [2.75, 3.05) is 13.7 Å². The molecule has 0 N–H and O–H groups in total. The number of hydrogen-bond donors (Lipinski definition) is 0. The van der Waals surface area contributed by atoms with E-state index in [0.29, 0.717) is 0 Å². The summed E-state index contributed by atoms with van der Waals surface area (Å²) in [5.74, 6) is 0. The molecule has 0 saturated heterocycles. The van der Waals surface area contributed by atoms with Crippen LogP contribution in [-0.2, 0) is 0 Å². The lowest BCUT2D eigenvalue weighted by molar-refractivity contribution is -0.456. The Balaban J connectivity index is 1.82. The van der Waals surface area contributed by atoms with Crippen molar-refractivity contribution in [3.05, 3.63) is 103 Å². The third-order valence-electron chi connectivity index (χ3n) is 5.61. The first-order valence-corrected chi connectivity index (χ1v) is 9.36. The van der Waals surface area contributed by atoms with E-state index in [9.17, 15) is 0 Å². The van der Waals surface area contributed by atoms with Crippen molar-refractivity contribution in [2.24, 2.45) is 0 Å². The summed E-state index contributed by atoms with van der Waals surface area (Å²) in [5.41, 5.74) is 5.15. The van der Waals surface area contributed by atoms with Gasteiger partial charge in [-0.15, -0.1) is 4.58 Å². The van der Waals surface area contributed by atoms with Crippen molar-refractivity contribution in [3.8, 4) is 0 Å². The number of rotatable bonds is 2. The van der Waals surface area contributed by atoms with E-state index in [1.807, 2.05) is 0 Å². The van der Waals surface area contributed by atoms with E-state index in [0.717, 1.165) is 11.2 Å². The first kappa shape index (κ1) is 16.0. The average molecular weight is 350 g/mol. The molecule has 0 bridgehead atoms. The second-order valence-electron chi connectivity index (χ2n) is 7.32. The second-order valence-corrected chi connectivity index (χ2v) is 7.32. The summed E-state index contributed by atoms with van der Waals surface area (Å²) in [5, 5.41) is 2.58. The fraction of sp³-hybridized carbons (Fsp3) is 0.0800. The van der Waals surface area contributed by atoms with Crippen molar-refractivity contribution < 1.29 is 4.58 Å². The molecule has 0 saturated carbocycles. The van der Waals surface area contributed by atoms with Crippen molar-refractivity contribution in [1.29, 1.82) is 0 Å². The molecule has 1 atom stereocenters. The molecule has 4 aromatic rings. The van der Waals surface area contributed by atoms with Gasteiger partial charge in [-0.1, -0.05) is 60.7 Å². The van der Waals surface area contributed by atoms with Crippen molar-refractivity contribution in [2.45, 2.75) is 0 Å². The summed E-state index contributed by atoms with van der Waals surface area (Å²) in [6.07, 6.45) is 2.32. The lowest BCUT2D eigenvalue weighted by Gasteiger charge is -2.34. The van der Waals surface area contributed by atoms with Crippen LogP contribution in [0.3, 0.4) is 0 Å². The number of fused-ring (bicyclic) bond motifs is 3. The predicted octanol–water partition coefficient (Wildman–Crippen LogP) is 5.84. The number of benzene rings is 4. The molecule has 1 aliphatic rings. The van der Waals surface area contributed by atoms with Gasteiger partial charge in [-0.25, -0.2) is 4.48 Å². The van der Waals surface area contributed by atoms with Gasteiger partial charge in [-0.2, -0.15) is 0 Å². The summed E-state index contributed by atoms with van der Waals surface area (Å²) in [6.45, 7) is 0.860. The summed E-state index contributed by atoms with van der Waals surface area (Å²) >= 11 is 0. The van der Waals surface area contributed by atoms with Gasteiger partial charge in [0.15, 0.2) is 11.9 Å². The van der Waals surface area contributed by atoms with Crippen molar-refractivity contribution >= 4 is 34.0 Å². The minimum absolute atomic E-state index is 0.742. The molecule has 1 aliphatic heterocycles. The summed E-state index contributed by atoms with van der Waals surface area (Å²) in [6, 6.07) is 34.7. The highest BCUT2D eigenvalue weighted by Crippen LogP contribution is 2.40. The first-order chi connectivity index (χ1) is 13.3. The quantitative estimate of drug-likeness (QED) is 0.315. The van der Waals surface area contributed by atoms with Gasteiger partial charge < -0.3 is 0 Å². The molecule has 2 heteroatoms. The number of quaternary nitrogens is 1. The van der Waals surface area contributed by atoms with Crippen LogP contribution in [0.1, 0.15) is 5.56 Å². The van der Waals surface area contributed by atoms with Gasteiger partial charge >= 0.3 is 0 Å². The van der Waals surface area contributed by atoms with Crippen LogP contribution in [0.4, 0.5) is 17.1 Å². The predicted molar refractivity (Wildman–Crippen MR) is 114 cm³/mol. The fourth-order valence-electron chi connectivity index (χ4n) is 4.18. The lowest BCUT2D eigenvalue weighted by Crippen LogP contribution is -2.48. The zero-order valence-electron chi connectivity index (χ0n) is 15.4. The normalized spacial score (nSPS) is 18.8. The van der Waals surface area contributed by atoms with Crippen LogP contribution in [0, 0.1) is 0 Å². The SMILES string of the molecule is C[N+]1(c2ccccc2)C[N+](c2ccccc2)=Cc2c1ccc1ccccc21. The van der Waals surface area contributed by atoms with Crippen LogP contribution in [-0.4, -0.2) is 24.5 Å². The maximum absolute atomic E-state index is 2.38. The third kappa shape index (κ3) is 2.57. The lowest BCUT2D eigenvalue weighted by atomic mass is 9.99. The smallest absolute Gasteiger partial charge is 0.206 e. The Morgan fingerprint density at radius 2 is 1.37 bits per heavy atom. The zero-order valence-corrected chi connectivity index (χ0v) is 15.4. The molecular formula is C25H22N2+2. The molecular weight excluding hydrogens is 328 g/mol. The Labute approximate surface area is 159 Å². The topological polar surface area (TPSA) is 3.01 Å². The molecule has 4 aromatic carbocycles. The van der Waals surface area contributed by atoms with Crippen LogP contribution in [0.15, 0.2) is 97.1 Å². The molecule has 5 rings (SSSR count). The third-order valence-corrected chi connectivity index (χ3v) is 5.61. The van der Waals surface area contributed by atoms with Crippen molar-refractivity contribution in [3.63, 3.8) is 0 Å². The number of para-hydroxylation sites is 2. The van der Waals surface area contributed by atoms with Gasteiger partial charge in [0.25, 0.3) is 6.67 Å². The van der Waals surface area contributed by atoms with E-state index in [4.69, 9.17) is 0 Å². The molecule has 1 unspecified atom stereocenters. The second kappa shape index (κ2) is 6.19. The van der Waals surface area contributed by atoms with Gasteiger partial charge in [0.05, 0.1) is 7.05 Å². The van der Waals surface area contributed by atoms with Crippen LogP contribution in [0.5, 0.6) is 0 Å². The van der Waals surface area contributed by atoms with E-state index in [2.05, 4.69) is 115 Å². The number of nitrogens with zero attached hydrogens (tertiary/aromatic N) is 2. The molecule has 2 nitrogen and oxygen atoms in total. The molecule has 0 aromatic heterocycles. The standard InChI is InChI=1S/C25H22N2/c1-27(22-13-6-3-7-14-22)19-26(21-11-4-2-5-12-21)18-24-23-15-9-8-10-20(23)16-17-25(24)27/h2-18H,19H2,1H3/q+2. The Hall–Kier alpha value is -3.23. The van der Waals surface area contributed by atoms with Crippen LogP contribution in [0.2, 0.25) is 0 Å². The summed E-state index contributed by atoms with van der Waals surface area (Å²) in [7, 11) is 2.31. The van der Waals surface area contributed by atoms with Gasteiger partial charge in [0.2, 0.25) is 5.69 Å². The van der Waals surface area contributed by atoms with E-state index in [1.165, 1.54) is 33.4 Å². The molecule has 0 spiro atoms. The van der Waals surface area contributed by atoms with Crippen LogP contribution in [0.25, 0.3) is 10.8 Å². The first-order valence-electron chi connectivity index (χ1n) is 9.36. The van der Waals surface area contributed by atoms with E-state index >= 15 is 0 Å². The van der Waals surface area contributed by atoms with E-state index in [-0.39, 0.29) is 0 Å². The van der Waals surface area contributed by atoms with Crippen LogP contribution < -0.4 is 4.48 Å².